The van der Waals surface area contributed by atoms with Gasteiger partial charge >= 0.3 is 5.69 Å². The number of nitro groups is 1. The second-order valence-corrected chi connectivity index (χ2v) is 5.56. The molecule has 0 saturated heterocycles. The first-order valence-corrected chi connectivity index (χ1v) is 7.67. The van der Waals surface area contributed by atoms with E-state index in [0.29, 0.717) is 22.6 Å². The first kappa shape index (κ1) is 16.5. The van der Waals surface area contributed by atoms with Crippen molar-refractivity contribution in [3.8, 4) is 5.75 Å². The molecule has 3 rings (SSSR count). The van der Waals surface area contributed by atoms with Gasteiger partial charge < -0.3 is 5.11 Å². The minimum atomic E-state index is -0.656. The second-order valence-electron chi connectivity index (χ2n) is 5.17. The predicted octanol–water partition coefficient (Wildman–Crippen LogP) is 3.03. The van der Waals surface area contributed by atoms with E-state index >= 15 is 0 Å². The molecule has 9 heteroatoms. The van der Waals surface area contributed by atoms with Crippen LogP contribution in [0.1, 0.15) is 17.0 Å². The summed E-state index contributed by atoms with van der Waals surface area (Å²) in [6.45, 7) is 0. The van der Waals surface area contributed by atoms with E-state index in [9.17, 15) is 15.2 Å². The average Bonchev–Trinajstić information content (AvgIpc) is 2.94. The number of aromatic nitrogens is 3. The molecule has 25 heavy (non-hydrogen) atoms. The number of benzene rings is 2. The van der Waals surface area contributed by atoms with Crippen LogP contribution < -0.4 is 0 Å². The van der Waals surface area contributed by atoms with Gasteiger partial charge in [0.1, 0.15) is 0 Å². The van der Waals surface area contributed by atoms with Gasteiger partial charge in [0.15, 0.2) is 11.6 Å². The van der Waals surface area contributed by atoms with E-state index in [0.717, 1.165) is 5.56 Å². The summed E-state index contributed by atoms with van der Waals surface area (Å²) in [6.07, 6.45) is 1.95. The van der Waals surface area contributed by atoms with E-state index in [1.54, 1.807) is 0 Å². The van der Waals surface area contributed by atoms with Crippen molar-refractivity contribution in [3.05, 3.63) is 80.4 Å². The number of aromatic hydroxyl groups is 1. The van der Waals surface area contributed by atoms with Crippen molar-refractivity contribution in [2.24, 2.45) is 5.10 Å². The number of rotatable bonds is 5. The number of nitrogens with zero attached hydrogens (tertiary/aromatic N) is 4. The highest BCUT2D eigenvalue weighted by molar-refractivity contribution is 7.71. The van der Waals surface area contributed by atoms with E-state index in [-0.39, 0.29) is 5.69 Å². The maximum absolute atomic E-state index is 10.9. The molecule has 1 heterocycles. The number of hydrogen-bond donors (Lipinski definition) is 2. The second kappa shape index (κ2) is 7.05. The van der Waals surface area contributed by atoms with Crippen LogP contribution in [0, 0.1) is 14.9 Å². The number of phenols is 1. The third-order valence-electron chi connectivity index (χ3n) is 3.44. The maximum atomic E-state index is 10.9. The van der Waals surface area contributed by atoms with E-state index in [4.69, 9.17) is 12.2 Å². The zero-order valence-corrected chi connectivity index (χ0v) is 13.7. The fourth-order valence-electron chi connectivity index (χ4n) is 2.23. The molecule has 0 unspecified atom stereocenters. The van der Waals surface area contributed by atoms with Gasteiger partial charge in [0.25, 0.3) is 0 Å². The van der Waals surface area contributed by atoms with Crippen LogP contribution in [0.15, 0.2) is 53.6 Å². The molecule has 0 aliphatic rings. The Bertz CT molecular complexity index is 995. The molecule has 0 saturated carbocycles. The Morgan fingerprint density at radius 2 is 2.08 bits per heavy atom. The zero-order valence-electron chi connectivity index (χ0n) is 12.9. The summed E-state index contributed by atoms with van der Waals surface area (Å²) in [5, 5.41) is 31.5. The van der Waals surface area contributed by atoms with Gasteiger partial charge in [-0.3, -0.25) is 15.2 Å². The van der Waals surface area contributed by atoms with Crippen molar-refractivity contribution in [3.63, 3.8) is 0 Å². The lowest BCUT2D eigenvalue weighted by Crippen LogP contribution is -2.00. The monoisotopic (exact) mass is 355 g/mol. The van der Waals surface area contributed by atoms with Crippen molar-refractivity contribution in [1.82, 2.24) is 14.9 Å². The minimum Gasteiger partial charge on any atom is -0.502 e. The highest BCUT2D eigenvalue weighted by Gasteiger charge is 2.13. The van der Waals surface area contributed by atoms with Crippen molar-refractivity contribution in [2.75, 3.05) is 0 Å². The summed E-state index contributed by atoms with van der Waals surface area (Å²) in [5.41, 5.74) is 1.12. The molecule has 1 aromatic heterocycles. The number of nitro benzene ring substituents is 1. The first-order chi connectivity index (χ1) is 12.0. The van der Waals surface area contributed by atoms with E-state index < -0.39 is 10.7 Å². The lowest BCUT2D eigenvalue weighted by Gasteiger charge is -2.01. The Labute approximate surface area is 147 Å². The highest BCUT2D eigenvalue weighted by Crippen LogP contribution is 2.25. The molecule has 0 aliphatic heterocycles. The topological polar surface area (TPSA) is 109 Å². The van der Waals surface area contributed by atoms with Gasteiger partial charge in [-0.2, -0.15) is 14.9 Å². The highest BCUT2D eigenvalue weighted by atomic mass is 32.1. The zero-order chi connectivity index (χ0) is 17.8. The van der Waals surface area contributed by atoms with Crippen LogP contribution in [0.5, 0.6) is 5.75 Å². The normalized spacial score (nSPS) is 11.0. The summed E-state index contributed by atoms with van der Waals surface area (Å²) >= 11 is 5.18. The lowest BCUT2D eigenvalue weighted by atomic mass is 10.1. The van der Waals surface area contributed by atoms with Crippen LogP contribution in [0.2, 0.25) is 0 Å². The Morgan fingerprint density at radius 3 is 2.80 bits per heavy atom. The summed E-state index contributed by atoms with van der Waals surface area (Å²) in [7, 11) is 0. The van der Waals surface area contributed by atoms with Crippen molar-refractivity contribution >= 4 is 24.1 Å². The minimum absolute atomic E-state index is 0.315. The van der Waals surface area contributed by atoms with Gasteiger partial charge in [-0.15, -0.1) is 0 Å². The molecule has 126 valence electrons. The van der Waals surface area contributed by atoms with E-state index in [1.165, 1.54) is 29.1 Å². The molecular weight excluding hydrogens is 342 g/mol. The Kier molecular flexibility index (Phi) is 4.66. The van der Waals surface area contributed by atoms with Crippen molar-refractivity contribution < 1.29 is 10.0 Å². The lowest BCUT2D eigenvalue weighted by molar-refractivity contribution is -0.385. The quantitative estimate of drug-likeness (QED) is 0.316. The molecule has 3 aromatic rings. The number of hydrogen-bond acceptors (Lipinski definition) is 6. The predicted molar refractivity (Wildman–Crippen MR) is 94.4 cm³/mol. The van der Waals surface area contributed by atoms with Crippen LogP contribution in [-0.2, 0) is 6.42 Å². The molecule has 0 aliphatic carbocycles. The average molecular weight is 355 g/mol. The van der Waals surface area contributed by atoms with Crippen molar-refractivity contribution in [1.29, 1.82) is 0 Å². The van der Waals surface area contributed by atoms with Crippen LogP contribution in [0.4, 0.5) is 5.69 Å². The maximum Gasteiger partial charge on any atom is 0.311 e. The van der Waals surface area contributed by atoms with Gasteiger partial charge in [0.05, 0.1) is 11.1 Å². The number of phenolic OH excluding ortho intramolecular Hbond substituents is 1. The molecule has 0 fully saturated rings. The molecule has 8 nitrogen and oxygen atoms in total. The molecule has 0 spiro atoms. The SMILES string of the molecule is O=[N+]([O-])c1cc(/C=N\n2c(Cc3ccccc3)n[nH]c2=S)ccc1O. The first-order valence-electron chi connectivity index (χ1n) is 7.26. The fraction of sp³-hybridized carbons (Fsp3) is 0.0625. The number of nitrogens with one attached hydrogen (secondary N) is 1. The standard InChI is InChI=1S/C16H13N5O3S/c22-14-7-6-12(8-13(14)21(23)24)10-17-20-15(18-19-16(20)25)9-11-4-2-1-3-5-11/h1-8,10,22H,9H2,(H,19,25)/b17-10-. The molecule has 0 radical (unpaired) electrons. The molecule has 2 N–H and O–H groups in total. The Hall–Kier alpha value is -3.33. The van der Waals surface area contributed by atoms with E-state index in [2.05, 4.69) is 15.3 Å². The largest absolute Gasteiger partial charge is 0.502 e. The van der Waals surface area contributed by atoms with Crippen molar-refractivity contribution in [2.45, 2.75) is 6.42 Å². The summed E-state index contributed by atoms with van der Waals surface area (Å²) < 4.78 is 1.77. The van der Waals surface area contributed by atoms with Crippen LogP contribution in [0.3, 0.4) is 0 Å². The molecule has 0 atom stereocenters. The van der Waals surface area contributed by atoms with Crippen LogP contribution in [0.25, 0.3) is 0 Å². The van der Waals surface area contributed by atoms with E-state index in [1.807, 2.05) is 30.3 Å². The van der Waals surface area contributed by atoms with Gasteiger partial charge in [-0.1, -0.05) is 30.3 Å². The van der Waals surface area contributed by atoms with Gasteiger partial charge in [-0.05, 0) is 29.9 Å². The smallest absolute Gasteiger partial charge is 0.311 e. The summed E-state index contributed by atoms with van der Waals surface area (Å²) in [4.78, 5) is 10.2. The van der Waals surface area contributed by atoms with Gasteiger partial charge in [0, 0.05) is 18.1 Å². The van der Waals surface area contributed by atoms with Gasteiger partial charge in [0.2, 0.25) is 4.77 Å². The molecule has 0 amide bonds. The summed E-state index contributed by atoms with van der Waals surface area (Å²) in [5.74, 6) is 0.215. The number of H-pyrrole nitrogens is 1. The Morgan fingerprint density at radius 1 is 1.32 bits per heavy atom. The third kappa shape index (κ3) is 3.78. The number of aromatic amines is 1. The third-order valence-corrected chi connectivity index (χ3v) is 3.71. The molecule has 0 bridgehead atoms. The van der Waals surface area contributed by atoms with Crippen LogP contribution in [-0.4, -0.2) is 31.1 Å². The molecule has 2 aromatic carbocycles. The van der Waals surface area contributed by atoms with Crippen LogP contribution >= 0.6 is 12.2 Å². The van der Waals surface area contributed by atoms with Gasteiger partial charge in [-0.25, -0.2) is 0 Å². The summed E-state index contributed by atoms with van der Waals surface area (Å²) in [6, 6.07) is 13.7. The molecular formula is C16H13N5O3S. The fourth-order valence-corrected chi connectivity index (χ4v) is 2.43. The Balaban J connectivity index is 1.90.